The number of benzene rings is 1. The van der Waals surface area contributed by atoms with Gasteiger partial charge >= 0.3 is 0 Å². The van der Waals surface area contributed by atoms with Crippen LogP contribution in [0.4, 0.5) is 0 Å². The number of nitrogens with zero attached hydrogens (tertiary/aromatic N) is 2. The predicted molar refractivity (Wildman–Crippen MR) is 78.2 cm³/mol. The van der Waals surface area contributed by atoms with Crippen LogP contribution in [0.3, 0.4) is 0 Å². The number of hydrogen-bond donors (Lipinski definition) is 2. The van der Waals surface area contributed by atoms with Gasteiger partial charge in [0, 0.05) is 11.3 Å². The van der Waals surface area contributed by atoms with E-state index in [4.69, 9.17) is 10.8 Å². The Bertz CT molecular complexity index is 640. The lowest BCUT2D eigenvalue weighted by Gasteiger charge is -2.11. The first-order chi connectivity index (χ1) is 9.67. The van der Waals surface area contributed by atoms with Crippen molar-refractivity contribution in [1.29, 1.82) is 0 Å². The van der Waals surface area contributed by atoms with Gasteiger partial charge in [-0.2, -0.15) is 0 Å². The van der Waals surface area contributed by atoms with Crippen molar-refractivity contribution in [3.8, 4) is 11.3 Å². The Morgan fingerprint density at radius 3 is 2.80 bits per heavy atom. The van der Waals surface area contributed by atoms with Crippen LogP contribution in [0.2, 0.25) is 0 Å². The number of rotatable bonds is 3. The van der Waals surface area contributed by atoms with E-state index >= 15 is 0 Å². The largest absolute Gasteiger partial charge is 0.394 e. The maximum absolute atomic E-state index is 9.16. The summed E-state index contributed by atoms with van der Waals surface area (Å²) in [4.78, 5) is 8.81. The van der Waals surface area contributed by atoms with E-state index < -0.39 is 6.04 Å². The second-order valence-corrected chi connectivity index (χ2v) is 5.38. The van der Waals surface area contributed by atoms with Crippen LogP contribution in [0.25, 0.3) is 11.3 Å². The summed E-state index contributed by atoms with van der Waals surface area (Å²) in [6.45, 7) is 1.78. The Morgan fingerprint density at radius 2 is 2.00 bits per heavy atom. The van der Waals surface area contributed by atoms with Gasteiger partial charge in [0.25, 0.3) is 0 Å². The van der Waals surface area contributed by atoms with Gasteiger partial charge in [0.2, 0.25) is 0 Å². The van der Waals surface area contributed by atoms with Crippen LogP contribution in [0.15, 0.2) is 24.3 Å². The van der Waals surface area contributed by atoms with Crippen LogP contribution >= 0.6 is 0 Å². The van der Waals surface area contributed by atoms with Crippen LogP contribution < -0.4 is 5.73 Å². The highest BCUT2D eigenvalue weighted by atomic mass is 16.3. The zero-order chi connectivity index (χ0) is 14.1. The number of aromatic nitrogens is 2. The van der Waals surface area contributed by atoms with Crippen molar-refractivity contribution in [2.24, 2.45) is 5.73 Å². The summed E-state index contributed by atoms with van der Waals surface area (Å²) in [7, 11) is 0. The Kier molecular flexibility index (Phi) is 3.51. The monoisotopic (exact) mass is 269 g/mol. The second-order valence-electron chi connectivity index (χ2n) is 5.38. The first kappa shape index (κ1) is 13.2. The number of aliphatic hydroxyl groups is 1. The second kappa shape index (κ2) is 5.31. The maximum Gasteiger partial charge on any atom is 0.148 e. The van der Waals surface area contributed by atoms with Gasteiger partial charge in [0.15, 0.2) is 0 Å². The first-order valence-corrected chi connectivity index (χ1v) is 7.01. The fraction of sp³-hybridized carbons (Fsp3) is 0.375. The average molecular weight is 269 g/mol. The molecule has 0 saturated heterocycles. The molecular formula is C16H19N3O. The van der Waals surface area contributed by atoms with Gasteiger partial charge in [0.05, 0.1) is 18.3 Å². The topological polar surface area (TPSA) is 72.0 Å². The predicted octanol–water partition coefficient (Wildman–Crippen LogP) is 1.93. The summed E-state index contributed by atoms with van der Waals surface area (Å²) in [5.41, 5.74) is 11.5. The highest BCUT2D eigenvalue weighted by Gasteiger charge is 2.14. The zero-order valence-corrected chi connectivity index (χ0v) is 11.6. The normalized spacial score (nSPS) is 15.2. The molecule has 1 aliphatic carbocycles. The number of aryl methyl sites for hydroxylation is 3. The Balaban J connectivity index is 2.03. The minimum absolute atomic E-state index is 0.146. The van der Waals surface area contributed by atoms with Gasteiger partial charge < -0.3 is 10.8 Å². The van der Waals surface area contributed by atoms with Crippen LogP contribution in [-0.4, -0.2) is 21.7 Å². The van der Waals surface area contributed by atoms with Gasteiger partial charge in [-0.3, -0.25) is 0 Å². The van der Waals surface area contributed by atoms with Gasteiger partial charge in [-0.05, 0) is 49.4 Å². The van der Waals surface area contributed by atoms with Gasteiger partial charge in [-0.1, -0.05) is 12.1 Å². The van der Waals surface area contributed by atoms with Crippen molar-refractivity contribution >= 4 is 0 Å². The maximum atomic E-state index is 9.16. The molecule has 1 unspecified atom stereocenters. The molecule has 2 aromatic rings. The summed E-state index contributed by atoms with van der Waals surface area (Å²) in [5, 5.41) is 9.16. The molecule has 0 fully saturated rings. The summed E-state index contributed by atoms with van der Waals surface area (Å²) in [6, 6.07) is 7.96. The van der Waals surface area contributed by atoms with E-state index in [-0.39, 0.29) is 6.61 Å². The Morgan fingerprint density at radius 1 is 1.20 bits per heavy atom. The molecule has 1 aromatic carbocycles. The Labute approximate surface area is 118 Å². The van der Waals surface area contributed by atoms with E-state index in [1.807, 2.05) is 13.0 Å². The number of aliphatic hydroxyl groups excluding tert-OH is 1. The van der Waals surface area contributed by atoms with Crippen LogP contribution in [0.5, 0.6) is 0 Å². The summed E-state index contributed by atoms with van der Waals surface area (Å²) < 4.78 is 0. The Hall–Kier alpha value is -1.78. The molecule has 20 heavy (non-hydrogen) atoms. The van der Waals surface area contributed by atoms with Gasteiger partial charge in [-0.25, -0.2) is 9.97 Å². The number of hydrogen-bond acceptors (Lipinski definition) is 4. The molecule has 1 aliphatic rings. The molecule has 3 N–H and O–H groups in total. The van der Waals surface area contributed by atoms with E-state index in [1.165, 1.54) is 24.0 Å². The molecular weight excluding hydrogens is 250 g/mol. The van der Waals surface area contributed by atoms with E-state index in [0.717, 1.165) is 23.4 Å². The molecule has 0 aliphatic heterocycles. The van der Waals surface area contributed by atoms with Crippen LogP contribution in [0.1, 0.15) is 35.1 Å². The van der Waals surface area contributed by atoms with Crippen molar-refractivity contribution in [1.82, 2.24) is 9.97 Å². The average Bonchev–Trinajstić information content (AvgIpc) is 2.93. The summed E-state index contributed by atoms with van der Waals surface area (Å²) >= 11 is 0. The zero-order valence-electron chi connectivity index (χ0n) is 11.6. The molecule has 0 amide bonds. The van der Waals surface area contributed by atoms with Crippen molar-refractivity contribution < 1.29 is 5.11 Å². The highest BCUT2D eigenvalue weighted by Crippen LogP contribution is 2.27. The molecule has 1 heterocycles. The third-order valence-electron chi connectivity index (χ3n) is 3.79. The fourth-order valence-electron chi connectivity index (χ4n) is 2.72. The molecule has 0 spiro atoms. The minimum atomic E-state index is -0.525. The molecule has 3 rings (SSSR count). The quantitative estimate of drug-likeness (QED) is 0.893. The first-order valence-electron chi connectivity index (χ1n) is 7.01. The van der Waals surface area contributed by atoms with Crippen molar-refractivity contribution in [2.45, 2.75) is 32.2 Å². The lowest BCUT2D eigenvalue weighted by atomic mass is 10.0. The SMILES string of the molecule is Cc1cc(-c2ccc3c(c2)CCC3)nc(C(N)CO)n1. The molecule has 0 bridgehead atoms. The number of nitrogens with two attached hydrogens (primary N) is 1. The molecule has 104 valence electrons. The van der Waals surface area contributed by atoms with E-state index in [9.17, 15) is 0 Å². The van der Waals surface area contributed by atoms with Gasteiger partial charge in [0.1, 0.15) is 5.82 Å². The smallest absolute Gasteiger partial charge is 0.148 e. The van der Waals surface area contributed by atoms with Crippen LogP contribution in [-0.2, 0) is 12.8 Å². The standard InChI is InChI=1S/C16H19N3O/c1-10-7-15(19-16(18-10)14(17)9-20)13-6-5-11-3-2-4-12(11)8-13/h5-8,14,20H,2-4,9,17H2,1H3. The van der Waals surface area contributed by atoms with Crippen molar-refractivity contribution in [3.05, 3.63) is 46.9 Å². The highest BCUT2D eigenvalue weighted by molar-refractivity contribution is 5.62. The summed E-state index contributed by atoms with van der Waals surface area (Å²) in [6.07, 6.45) is 3.57. The van der Waals surface area contributed by atoms with E-state index in [2.05, 4.69) is 28.2 Å². The molecule has 0 saturated carbocycles. The van der Waals surface area contributed by atoms with Crippen LogP contribution in [0, 0.1) is 6.92 Å². The molecule has 0 radical (unpaired) electrons. The van der Waals surface area contributed by atoms with E-state index in [0.29, 0.717) is 5.82 Å². The minimum Gasteiger partial charge on any atom is -0.394 e. The van der Waals surface area contributed by atoms with Crippen molar-refractivity contribution in [2.75, 3.05) is 6.61 Å². The number of fused-ring (bicyclic) bond motifs is 1. The molecule has 1 aromatic heterocycles. The fourth-order valence-corrected chi connectivity index (χ4v) is 2.72. The third kappa shape index (κ3) is 2.44. The summed E-state index contributed by atoms with van der Waals surface area (Å²) in [5.74, 6) is 0.503. The van der Waals surface area contributed by atoms with Crippen molar-refractivity contribution in [3.63, 3.8) is 0 Å². The third-order valence-corrected chi connectivity index (χ3v) is 3.79. The van der Waals surface area contributed by atoms with E-state index in [1.54, 1.807) is 0 Å². The molecule has 4 heteroatoms. The molecule has 1 atom stereocenters. The molecule has 4 nitrogen and oxygen atoms in total. The van der Waals surface area contributed by atoms with Gasteiger partial charge in [-0.15, -0.1) is 0 Å². The lowest BCUT2D eigenvalue weighted by molar-refractivity contribution is 0.263. The lowest BCUT2D eigenvalue weighted by Crippen LogP contribution is -2.18.